The molecule has 0 N–H and O–H groups in total. The van der Waals surface area contributed by atoms with Gasteiger partial charge in [0.15, 0.2) is 0 Å². The van der Waals surface area contributed by atoms with E-state index in [1.165, 1.54) is 11.4 Å². The number of carbonyl (C=O) groups is 2. The number of hydrogen-bond donors (Lipinski definition) is 0. The van der Waals surface area contributed by atoms with Crippen LogP contribution in [-0.4, -0.2) is 57.4 Å². The fourth-order valence-corrected chi connectivity index (χ4v) is 6.16. The molecule has 0 aliphatic carbocycles. The summed E-state index contributed by atoms with van der Waals surface area (Å²) in [6, 6.07) is 12.5. The number of sulfonamides is 1. The summed E-state index contributed by atoms with van der Waals surface area (Å²) in [7, 11) is -2.35. The minimum Gasteiger partial charge on any atom is -0.475 e. The maximum Gasteiger partial charge on any atom is 0.348 e. The topological polar surface area (TPSA) is 93.2 Å². The Morgan fingerprint density at radius 2 is 1.76 bits per heavy atom. The highest BCUT2D eigenvalue weighted by Gasteiger charge is 2.39. The van der Waals surface area contributed by atoms with Crippen LogP contribution in [0.5, 0.6) is 5.75 Å². The van der Waals surface area contributed by atoms with Crippen LogP contribution in [0.1, 0.15) is 24.0 Å². The first kappa shape index (κ1) is 23.3. The molecule has 0 bridgehead atoms. The second-order valence-electron chi connectivity index (χ2n) is 8.49. The second kappa shape index (κ2) is 9.15. The van der Waals surface area contributed by atoms with E-state index in [9.17, 15) is 18.0 Å². The van der Waals surface area contributed by atoms with Crippen LogP contribution < -0.4 is 9.64 Å². The SMILES string of the molecule is COC(=O)[C@@H]1CN(C(=O)C2CCN(S(=O)(=O)c3cc(C)ccc3C)CC2)c2ccccc2O1. The zero-order valence-corrected chi connectivity index (χ0v) is 19.8. The zero-order chi connectivity index (χ0) is 23.8. The van der Waals surface area contributed by atoms with Crippen LogP contribution in [-0.2, 0) is 24.3 Å². The average molecular weight is 473 g/mol. The third-order valence-electron chi connectivity index (χ3n) is 6.27. The van der Waals surface area contributed by atoms with Gasteiger partial charge in [0.2, 0.25) is 22.0 Å². The maximum absolute atomic E-state index is 13.4. The molecule has 0 saturated carbocycles. The van der Waals surface area contributed by atoms with Gasteiger partial charge in [-0.1, -0.05) is 24.3 Å². The minimum absolute atomic E-state index is 0.0590. The summed E-state index contributed by atoms with van der Waals surface area (Å²) in [4.78, 5) is 27.4. The van der Waals surface area contributed by atoms with Crippen LogP contribution in [0.3, 0.4) is 0 Å². The third kappa shape index (κ3) is 4.47. The van der Waals surface area contributed by atoms with Gasteiger partial charge in [0.05, 0.1) is 24.2 Å². The summed E-state index contributed by atoms with van der Waals surface area (Å²) < 4.78 is 38.4. The molecule has 9 heteroatoms. The van der Waals surface area contributed by atoms with E-state index in [1.807, 2.05) is 19.1 Å². The lowest BCUT2D eigenvalue weighted by Gasteiger charge is -2.37. The quantitative estimate of drug-likeness (QED) is 0.636. The molecule has 33 heavy (non-hydrogen) atoms. The van der Waals surface area contributed by atoms with Gasteiger partial charge in [-0.2, -0.15) is 4.31 Å². The molecule has 0 radical (unpaired) electrons. The molecule has 2 aliphatic rings. The van der Waals surface area contributed by atoms with Crippen molar-refractivity contribution in [3.63, 3.8) is 0 Å². The van der Waals surface area contributed by atoms with Gasteiger partial charge >= 0.3 is 5.97 Å². The van der Waals surface area contributed by atoms with Crippen molar-refractivity contribution in [1.29, 1.82) is 0 Å². The second-order valence-corrected chi connectivity index (χ2v) is 10.4. The van der Waals surface area contributed by atoms with Crippen LogP contribution in [0.25, 0.3) is 0 Å². The van der Waals surface area contributed by atoms with Gasteiger partial charge in [-0.3, -0.25) is 4.79 Å². The number of ether oxygens (including phenoxy) is 2. The Labute approximate surface area is 194 Å². The summed E-state index contributed by atoms with van der Waals surface area (Å²) in [5, 5.41) is 0. The van der Waals surface area contributed by atoms with E-state index in [1.54, 1.807) is 42.2 Å². The summed E-state index contributed by atoms with van der Waals surface area (Å²) in [5.74, 6) is -0.581. The standard InChI is InChI=1S/C24H28N2O6S/c1-16-8-9-17(2)22(14-16)33(29,30)25-12-10-18(11-13-25)23(27)26-15-21(24(28)31-3)32-20-7-5-4-6-19(20)26/h4-9,14,18,21H,10-13,15H2,1-3H3/t21-/m0/s1. The molecule has 2 aliphatic heterocycles. The molecule has 4 rings (SSSR count). The van der Waals surface area contributed by atoms with Crippen LogP contribution in [0, 0.1) is 19.8 Å². The number of hydrogen-bond acceptors (Lipinski definition) is 6. The fraction of sp³-hybridized carbons (Fsp3) is 0.417. The van der Waals surface area contributed by atoms with Crippen LogP contribution in [0.2, 0.25) is 0 Å². The molecule has 8 nitrogen and oxygen atoms in total. The molecule has 2 aromatic carbocycles. The molecule has 176 valence electrons. The van der Waals surface area contributed by atoms with Gasteiger partial charge in [0, 0.05) is 19.0 Å². The number of carbonyl (C=O) groups excluding carboxylic acids is 2. The molecular weight excluding hydrogens is 444 g/mol. The Kier molecular flexibility index (Phi) is 6.45. The lowest BCUT2D eigenvalue weighted by atomic mass is 9.95. The van der Waals surface area contributed by atoms with Crippen molar-refractivity contribution in [3.05, 3.63) is 53.6 Å². The lowest BCUT2D eigenvalue weighted by Crippen LogP contribution is -2.51. The van der Waals surface area contributed by atoms with Gasteiger partial charge in [-0.05, 0) is 56.0 Å². The highest BCUT2D eigenvalue weighted by molar-refractivity contribution is 7.89. The molecule has 0 unspecified atom stereocenters. The van der Waals surface area contributed by atoms with Gasteiger partial charge in [0.1, 0.15) is 5.75 Å². The summed E-state index contributed by atoms with van der Waals surface area (Å²) in [6.07, 6.45) is -0.0879. The van der Waals surface area contributed by atoms with E-state index in [4.69, 9.17) is 9.47 Å². The molecule has 2 heterocycles. The predicted molar refractivity (Wildman–Crippen MR) is 123 cm³/mol. The van der Waals surface area contributed by atoms with Crippen LogP contribution in [0.15, 0.2) is 47.4 Å². The number of fused-ring (bicyclic) bond motifs is 1. The van der Waals surface area contributed by atoms with E-state index in [0.29, 0.717) is 34.7 Å². The number of benzene rings is 2. The van der Waals surface area contributed by atoms with Crippen molar-refractivity contribution in [2.75, 3.05) is 31.6 Å². The molecule has 0 aromatic heterocycles. The Bertz CT molecular complexity index is 1170. The number of anilines is 1. The number of para-hydroxylation sites is 2. The largest absolute Gasteiger partial charge is 0.475 e. The Morgan fingerprint density at radius 3 is 2.45 bits per heavy atom. The number of rotatable bonds is 4. The molecule has 1 saturated heterocycles. The third-order valence-corrected chi connectivity index (χ3v) is 8.31. The van der Waals surface area contributed by atoms with Gasteiger partial charge in [0.25, 0.3) is 0 Å². The van der Waals surface area contributed by atoms with E-state index in [-0.39, 0.29) is 31.5 Å². The smallest absolute Gasteiger partial charge is 0.348 e. The number of methoxy groups -OCH3 is 1. The number of nitrogens with zero attached hydrogens (tertiary/aromatic N) is 2. The summed E-state index contributed by atoms with van der Waals surface area (Å²) in [5.41, 5.74) is 2.20. The highest BCUT2D eigenvalue weighted by Crippen LogP contribution is 2.36. The summed E-state index contributed by atoms with van der Waals surface area (Å²) in [6.45, 7) is 4.24. The first-order chi connectivity index (χ1) is 15.7. The number of piperidine rings is 1. The summed E-state index contributed by atoms with van der Waals surface area (Å²) >= 11 is 0. The Morgan fingerprint density at radius 1 is 1.06 bits per heavy atom. The maximum atomic E-state index is 13.4. The van der Waals surface area contributed by atoms with Crippen molar-refractivity contribution in [1.82, 2.24) is 4.31 Å². The van der Waals surface area contributed by atoms with Crippen molar-refractivity contribution in [2.24, 2.45) is 5.92 Å². The minimum atomic E-state index is -3.63. The number of amides is 1. The van der Waals surface area contributed by atoms with E-state index in [0.717, 1.165) is 5.56 Å². The van der Waals surface area contributed by atoms with E-state index >= 15 is 0 Å². The van der Waals surface area contributed by atoms with Crippen molar-refractivity contribution in [2.45, 2.75) is 37.7 Å². The van der Waals surface area contributed by atoms with Gasteiger partial charge in [-0.25, -0.2) is 13.2 Å². The van der Waals surface area contributed by atoms with Crippen molar-refractivity contribution in [3.8, 4) is 5.75 Å². The first-order valence-corrected chi connectivity index (χ1v) is 12.4. The Balaban J connectivity index is 1.50. The van der Waals surface area contributed by atoms with Crippen molar-refractivity contribution < 1.29 is 27.5 Å². The fourth-order valence-electron chi connectivity index (χ4n) is 4.39. The van der Waals surface area contributed by atoms with Crippen molar-refractivity contribution >= 4 is 27.6 Å². The molecular formula is C24H28N2O6S. The Hall–Kier alpha value is -2.91. The molecule has 0 spiro atoms. The number of aryl methyl sites for hydroxylation is 2. The van der Waals surface area contributed by atoms with Crippen LogP contribution >= 0.6 is 0 Å². The molecule has 1 amide bonds. The van der Waals surface area contributed by atoms with E-state index < -0.39 is 22.1 Å². The highest BCUT2D eigenvalue weighted by atomic mass is 32.2. The van der Waals surface area contributed by atoms with Gasteiger partial charge < -0.3 is 14.4 Å². The molecule has 1 atom stereocenters. The van der Waals surface area contributed by atoms with E-state index in [2.05, 4.69) is 0 Å². The number of esters is 1. The monoisotopic (exact) mass is 472 g/mol. The predicted octanol–water partition coefficient (Wildman–Crippen LogP) is 2.67. The first-order valence-electron chi connectivity index (χ1n) is 10.9. The zero-order valence-electron chi connectivity index (χ0n) is 19.0. The molecule has 1 fully saturated rings. The van der Waals surface area contributed by atoms with Crippen LogP contribution in [0.4, 0.5) is 5.69 Å². The van der Waals surface area contributed by atoms with Gasteiger partial charge in [-0.15, -0.1) is 0 Å². The molecule has 2 aromatic rings. The normalized spacial score (nSPS) is 19.5. The average Bonchev–Trinajstić information content (AvgIpc) is 2.83. The lowest BCUT2D eigenvalue weighted by molar-refractivity contribution is -0.148.